The van der Waals surface area contributed by atoms with Gasteiger partial charge in [-0.25, -0.2) is 4.98 Å². The third-order valence-electron chi connectivity index (χ3n) is 3.11. The zero-order valence-electron chi connectivity index (χ0n) is 11.9. The molecule has 0 saturated carbocycles. The van der Waals surface area contributed by atoms with Gasteiger partial charge in [0.15, 0.2) is 0 Å². The second-order valence-electron chi connectivity index (χ2n) is 4.52. The van der Waals surface area contributed by atoms with Crippen molar-refractivity contribution in [1.82, 2.24) is 9.97 Å². The van der Waals surface area contributed by atoms with Gasteiger partial charge in [-0.2, -0.15) is 4.98 Å². The van der Waals surface area contributed by atoms with Crippen molar-refractivity contribution in [3.63, 3.8) is 0 Å². The average molecular weight is 292 g/mol. The fourth-order valence-corrected chi connectivity index (χ4v) is 2.06. The zero-order chi connectivity index (χ0) is 14.7. The Bertz CT molecular complexity index is 629. The summed E-state index contributed by atoms with van der Waals surface area (Å²) in [5, 5.41) is 0.744. The smallest absolute Gasteiger partial charge is 0.227 e. The molecule has 0 amide bonds. The Morgan fingerprint density at radius 1 is 1.20 bits per heavy atom. The molecule has 0 radical (unpaired) electrons. The number of benzene rings is 1. The van der Waals surface area contributed by atoms with Crippen molar-refractivity contribution < 1.29 is 4.74 Å². The highest BCUT2D eigenvalue weighted by atomic mass is 35.5. The second kappa shape index (κ2) is 6.09. The van der Waals surface area contributed by atoms with E-state index in [1.165, 1.54) is 0 Å². The molecule has 0 aliphatic heterocycles. The van der Waals surface area contributed by atoms with Gasteiger partial charge in [0.05, 0.1) is 5.56 Å². The summed E-state index contributed by atoms with van der Waals surface area (Å²) < 4.78 is 5.84. The lowest BCUT2D eigenvalue weighted by molar-refractivity contribution is 0.454. The van der Waals surface area contributed by atoms with Crippen LogP contribution in [0.4, 0.5) is 5.82 Å². The number of halogens is 1. The van der Waals surface area contributed by atoms with Gasteiger partial charge in [0.1, 0.15) is 17.4 Å². The van der Waals surface area contributed by atoms with Gasteiger partial charge in [-0.15, -0.1) is 0 Å². The number of nitrogens with two attached hydrogens (primary N) is 1. The predicted octanol–water partition coefficient (Wildman–Crippen LogP) is 3.94. The quantitative estimate of drug-likeness (QED) is 0.927. The van der Waals surface area contributed by atoms with Gasteiger partial charge in [0.25, 0.3) is 0 Å². The molecule has 2 N–H and O–H groups in total. The van der Waals surface area contributed by atoms with Gasteiger partial charge >= 0.3 is 0 Å². The largest absolute Gasteiger partial charge is 0.439 e. The first kappa shape index (κ1) is 14.6. The third-order valence-corrected chi connectivity index (χ3v) is 3.48. The molecule has 0 aliphatic rings. The van der Waals surface area contributed by atoms with Crippen molar-refractivity contribution in [3.8, 4) is 11.6 Å². The summed E-state index contributed by atoms with van der Waals surface area (Å²) in [6.45, 7) is 5.88. The Hall–Kier alpha value is -1.81. The van der Waals surface area contributed by atoms with Crippen molar-refractivity contribution in [2.24, 2.45) is 0 Å². The minimum absolute atomic E-state index is 0.455. The molecular formula is C15H18ClN3O. The third kappa shape index (κ3) is 3.02. The molecule has 0 saturated heterocycles. The monoisotopic (exact) mass is 291 g/mol. The lowest BCUT2D eigenvalue weighted by atomic mass is 10.1. The number of nitrogens with zero attached hydrogens (tertiary/aromatic N) is 2. The van der Waals surface area contributed by atoms with E-state index in [4.69, 9.17) is 22.1 Å². The molecule has 0 atom stereocenters. The van der Waals surface area contributed by atoms with Gasteiger partial charge in [0.2, 0.25) is 5.88 Å². The average Bonchev–Trinajstić information content (AvgIpc) is 2.45. The Labute approximate surface area is 124 Å². The molecule has 0 fully saturated rings. The van der Waals surface area contributed by atoms with E-state index < -0.39 is 0 Å². The molecule has 1 heterocycles. The van der Waals surface area contributed by atoms with Crippen LogP contribution in [0.3, 0.4) is 0 Å². The fourth-order valence-electron chi connectivity index (χ4n) is 1.81. The van der Waals surface area contributed by atoms with Gasteiger partial charge in [0, 0.05) is 11.4 Å². The molecule has 4 nitrogen and oxygen atoms in total. The lowest BCUT2D eigenvalue weighted by Crippen LogP contribution is -2.04. The van der Waals surface area contributed by atoms with Gasteiger partial charge in [-0.1, -0.05) is 25.4 Å². The van der Waals surface area contributed by atoms with Crippen LogP contribution in [0.15, 0.2) is 18.2 Å². The first-order chi connectivity index (χ1) is 9.55. The molecule has 106 valence electrons. The summed E-state index contributed by atoms with van der Waals surface area (Å²) >= 11 is 6.10. The number of hydrogen-bond donors (Lipinski definition) is 1. The van der Waals surface area contributed by atoms with Crippen LogP contribution < -0.4 is 10.5 Å². The second-order valence-corrected chi connectivity index (χ2v) is 4.92. The van der Waals surface area contributed by atoms with Crippen LogP contribution in [0.1, 0.15) is 30.8 Å². The van der Waals surface area contributed by atoms with E-state index in [9.17, 15) is 0 Å². The lowest BCUT2D eigenvalue weighted by Gasteiger charge is -2.11. The first-order valence-corrected chi connectivity index (χ1v) is 7.02. The van der Waals surface area contributed by atoms with Crippen LogP contribution in [-0.4, -0.2) is 9.97 Å². The van der Waals surface area contributed by atoms with Crippen LogP contribution in [0.25, 0.3) is 0 Å². The van der Waals surface area contributed by atoms with Crippen LogP contribution >= 0.6 is 11.6 Å². The predicted molar refractivity (Wildman–Crippen MR) is 81.5 cm³/mol. The van der Waals surface area contributed by atoms with E-state index in [1.807, 2.05) is 39.0 Å². The Morgan fingerprint density at radius 2 is 1.95 bits per heavy atom. The maximum absolute atomic E-state index is 6.10. The maximum atomic E-state index is 6.10. The van der Waals surface area contributed by atoms with E-state index in [2.05, 4.69) is 9.97 Å². The van der Waals surface area contributed by atoms with Crippen LogP contribution in [0.5, 0.6) is 11.6 Å². The normalized spacial score (nSPS) is 10.6. The van der Waals surface area contributed by atoms with Crippen LogP contribution in [0.2, 0.25) is 5.02 Å². The van der Waals surface area contributed by atoms with Crippen LogP contribution in [0, 0.1) is 6.92 Å². The van der Waals surface area contributed by atoms with Gasteiger partial charge in [-0.05, 0) is 37.1 Å². The molecule has 2 aromatic rings. The number of hydrogen-bond acceptors (Lipinski definition) is 4. The van der Waals surface area contributed by atoms with Gasteiger partial charge in [-0.3, -0.25) is 0 Å². The van der Waals surface area contributed by atoms with Gasteiger partial charge < -0.3 is 10.5 Å². The van der Waals surface area contributed by atoms with E-state index in [0.29, 0.717) is 29.7 Å². The molecule has 0 bridgehead atoms. The molecule has 0 unspecified atom stereocenters. The van der Waals surface area contributed by atoms with E-state index in [-0.39, 0.29) is 0 Å². The van der Waals surface area contributed by atoms with Crippen molar-refractivity contribution in [3.05, 3.63) is 40.2 Å². The molecule has 2 rings (SSSR count). The summed E-state index contributed by atoms with van der Waals surface area (Å²) in [6, 6.07) is 5.58. The summed E-state index contributed by atoms with van der Waals surface area (Å²) in [5.74, 6) is 2.33. The standard InChI is InChI=1S/C15H18ClN3O/c1-4-10-8-11(6-7-12(10)16)20-15-9(3)14(17)18-13(5-2)19-15/h6-8H,4-5H2,1-3H3,(H2,17,18,19). The van der Waals surface area contributed by atoms with E-state index in [0.717, 1.165) is 22.6 Å². The summed E-state index contributed by atoms with van der Waals surface area (Å²) in [5.41, 5.74) is 7.67. The molecule has 0 spiro atoms. The highest BCUT2D eigenvalue weighted by molar-refractivity contribution is 6.31. The Kier molecular flexibility index (Phi) is 4.45. The number of ether oxygens (including phenoxy) is 1. The summed E-state index contributed by atoms with van der Waals surface area (Å²) in [7, 11) is 0. The maximum Gasteiger partial charge on any atom is 0.227 e. The molecule has 0 aliphatic carbocycles. The van der Waals surface area contributed by atoms with Crippen molar-refractivity contribution in [2.75, 3.05) is 5.73 Å². The molecule has 20 heavy (non-hydrogen) atoms. The van der Waals surface area contributed by atoms with Crippen LogP contribution in [-0.2, 0) is 12.8 Å². The fraction of sp³-hybridized carbons (Fsp3) is 0.333. The molecule has 5 heteroatoms. The molecule has 1 aromatic heterocycles. The number of anilines is 1. The zero-order valence-corrected chi connectivity index (χ0v) is 12.7. The molecule has 1 aromatic carbocycles. The minimum atomic E-state index is 0.455. The summed E-state index contributed by atoms with van der Waals surface area (Å²) in [4.78, 5) is 8.59. The van der Waals surface area contributed by atoms with Crippen molar-refractivity contribution >= 4 is 17.4 Å². The number of rotatable bonds is 4. The first-order valence-electron chi connectivity index (χ1n) is 6.64. The van der Waals surface area contributed by atoms with E-state index in [1.54, 1.807) is 0 Å². The molecular weight excluding hydrogens is 274 g/mol. The number of aryl methyl sites for hydroxylation is 2. The van der Waals surface area contributed by atoms with Crippen molar-refractivity contribution in [1.29, 1.82) is 0 Å². The van der Waals surface area contributed by atoms with E-state index >= 15 is 0 Å². The highest BCUT2D eigenvalue weighted by Gasteiger charge is 2.11. The summed E-state index contributed by atoms with van der Waals surface area (Å²) in [6.07, 6.45) is 1.56. The minimum Gasteiger partial charge on any atom is -0.439 e. The Morgan fingerprint density at radius 3 is 2.60 bits per heavy atom. The topological polar surface area (TPSA) is 61.0 Å². The number of aromatic nitrogens is 2. The highest BCUT2D eigenvalue weighted by Crippen LogP contribution is 2.29. The van der Waals surface area contributed by atoms with Crippen molar-refractivity contribution in [2.45, 2.75) is 33.6 Å². The Balaban J connectivity index is 2.36. The number of nitrogen functional groups attached to an aromatic ring is 1. The SMILES string of the molecule is CCc1nc(N)c(C)c(Oc2ccc(Cl)c(CC)c2)n1.